The van der Waals surface area contributed by atoms with Crippen LogP contribution in [0, 0.1) is 0 Å². The van der Waals surface area contributed by atoms with Gasteiger partial charge in [-0.15, -0.1) is 0 Å². The van der Waals surface area contributed by atoms with E-state index in [4.69, 9.17) is 4.74 Å². The number of hydrogen-bond donors (Lipinski definition) is 1. The summed E-state index contributed by atoms with van der Waals surface area (Å²) in [6, 6.07) is 4.29. The van der Waals surface area contributed by atoms with Crippen molar-refractivity contribution in [1.29, 1.82) is 0 Å². The number of ether oxygens (including phenoxy) is 1. The smallest absolute Gasteiger partial charge is 0.416 e. The zero-order valence-electron chi connectivity index (χ0n) is 22.2. The molecule has 0 aliphatic carbocycles. The lowest BCUT2D eigenvalue weighted by molar-refractivity contribution is -0.143. The Balaban J connectivity index is 2.10. The molecule has 0 fully saturated rings. The maximum absolute atomic E-state index is 13.5. The molecule has 0 bridgehead atoms. The predicted molar refractivity (Wildman–Crippen MR) is 135 cm³/mol. The highest BCUT2D eigenvalue weighted by Gasteiger charge is 2.39. The van der Waals surface area contributed by atoms with Crippen LogP contribution in [0.1, 0.15) is 68.0 Å². The minimum atomic E-state index is -5.05. The summed E-state index contributed by atoms with van der Waals surface area (Å²) in [5, 5.41) is 3.00. The van der Waals surface area contributed by atoms with Crippen LogP contribution in [-0.2, 0) is 21.9 Å². The van der Waals surface area contributed by atoms with Crippen LogP contribution in [0.2, 0.25) is 0 Å². The monoisotopic (exact) mass is 559 g/mol. The van der Waals surface area contributed by atoms with Crippen molar-refractivity contribution in [3.63, 3.8) is 0 Å². The zero-order valence-corrected chi connectivity index (χ0v) is 22.2. The molecule has 1 heterocycles. The Morgan fingerprint density at radius 1 is 1.00 bits per heavy atom. The molecule has 0 aromatic heterocycles. The van der Waals surface area contributed by atoms with Gasteiger partial charge in [0, 0.05) is 32.4 Å². The van der Waals surface area contributed by atoms with Crippen molar-refractivity contribution in [2.45, 2.75) is 64.2 Å². The minimum Gasteiger partial charge on any atom is -0.446 e. The van der Waals surface area contributed by atoms with Gasteiger partial charge in [-0.3, -0.25) is 15.0 Å². The molecule has 0 saturated heterocycles. The van der Waals surface area contributed by atoms with Crippen molar-refractivity contribution < 1.29 is 40.7 Å². The molecule has 2 aromatic rings. The first-order valence-corrected chi connectivity index (χ1v) is 12.3. The molecule has 2 unspecified atom stereocenters. The van der Waals surface area contributed by atoms with Gasteiger partial charge < -0.3 is 9.64 Å². The van der Waals surface area contributed by atoms with E-state index in [9.17, 15) is 35.9 Å². The zero-order chi connectivity index (χ0) is 29.3. The molecule has 2 aromatic carbocycles. The van der Waals surface area contributed by atoms with Crippen LogP contribution in [0.15, 0.2) is 36.4 Å². The number of fused-ring (bicyclic) bond motifs is 1. The van der Waals surface area contributed by atoms with Crippen LogP contribution < -0.4 is 15.1 Å². The van der Waals surface area contributed by atoms with Crippen molar-refractivity contribution in [2.24, 2.45) is 0 Å². The number of amides is 1. The Kier molecular flexibility index (Phi) is 8.88. The van der Waals surface area contributed by atoms with Gasteiger partial charge in [-0.2, -0.15) is 26.3 Å². The van der Waals surface area contributed by atoms with Crippen molar-refractivity contribution in [3.05, 3.63) is 58.7 Å². The van der Waals surface area contributed by atoms with Crippen LogP contribution >= 0.6 is 0 Å². The summed E-state index contributed by atoms with van der Waals surface area (Å²) in [5.74, 6) is -0.658. The fourth-order valence-corrected chi connectivity index (χ4v) is 4.49. The maximum atomic E-state index is 13.5. The van der Waals surface area contributed by atoms with E-state index in [2.05, 4.69) is 5.32 Å². The van der Waals surface area contributed by atoms with Crippen molar-refractivity contribution in [3.8, 4) is 0 Å². The molecule has 12 heteroatoms. The number of halogens is 6. The SMILES string of the molecule is CC(=O)C(NC1CCCN(C(=O)OC(C)C)c2cc(N(C)C)ccc21)c1cc(C(F)(F)F)cc(C(F)(F)F)c1. The van der Waals surface area contributed by atoms with Crippen LogP contribution in [0.5, 0.6) is 0 Å². The number of carbonyl (C=O) groups excluding carboxylic acids is 2. The quantitative estimate of drug-likeness (QED) is 0.391. The summed E-state index contributed by atoms with van der Waals surface area (Å²) in [7, 11) is 3.62. The fourth-order valence-electron chi connectivity index (χ4n) is 4.49. The summed E-state index contributed by atoms with van der Waals surface area (Å²) in [5.41, 5.74) is -1.65. The lowest BCUT2D eigenvalue weighted by Gasteiger charge is -2.28. The first kappa shape index (κ1) is 30.3. The second kappa shape index (κ2) is 11.4. The average molecular weight is 560 g/mol. The summed E-state index contributed by atoms with van der Waals surface area (Å²) >= 11 is 0. The van der Waals surface area contributed by atoms with Gasteiger partial charge >= 0.3 is 18.4 Å². The van der Waals surface area contributed by atoms with Crippen molar-refractivity contribution in [1.82, 2.24) is 5.32 Å². The van der Waals surface area contributed by atoms with Crippen LogP contribution in [0.25, 0.3) is 0 Å². The van der Waals surface area contributed by atoms with Crippen LogP contribution in [0.4, 0.5) is 42.5 Å². The van der Waals surface area contributed by atoms with Gasteiger partial charge in [-0.1, -0.05) is 6.07 Å². The van der Waals surface area contributed by atoms with Crippen LogP contribution in [-0.4, -0.2) is 38.6 Å². The number of ketones is 1. The first-order chi connectivity index (χ1) is 18.0. The third-order valence-corrected chi connectivity index (χ3v) is 6.35. The molecule has 1 aliphatic rings. The van der Waals surface area contributed by atoms with E-state index in [1.807, 2.05) is 19.0 Å². The van der Waals surface area contributed by atoms with E-state index in [1.54, 1.807) is 32.0 Å². The highest BCUT2D eigenvalue weighted by Crippen LogP contribution is 2.40. The van der Waals surface area contributed by atoms with E-state index >= 15 is 0 Å². The summed E-state index contributed by atoms with van der Waals surface area (Å²) in [6.45, 7) is 4.78. The molecule has 6 nitrogen and oxygen atoms in total. The summed E-state index contributed by atoms with van der Waals surface area (Å²) in [4.78, 5) is 28.9. The molecule has 0 saturated carbocycles. The van der Waals surface area contributed by atoms with Crippen LogP contribution in [0.3, 0.4) is 0 Å². The van der Waals surface area contributed by atoms with E-state index in [0.29, 0.717) is 36.2 Å². The van der Waals surface area contributed by atoms with Gasteiger partial charge in [0.1, 0.15) is 0 Å². The number of rotatable bonds is 6. The Morgan fingerprint density at radius 3 is 2.08 bits per heavy atom. The first-order valence-electron chi connectivity index (χ1n) is 12.3. The molecule has 39 heavy (non-hydrogen) atoms. The molecule has 0 radical (unpaired) electrons. The number of alkyl halides is 6. The number of nitrogens with zero attached hydrogens (tertiary/aromatic N) is 2. The number of Topliss-reactive ketones (excluding diaryl/α,β-unsaturated/α-hetero) is 1. The van der Waals surface area contributed by atoms with E-state index in [-0.39, 0.29) is 18.7 Å². The summed E-state index contributed by atoms with van der Waals surface area (Å²) in [6.07, 6.45) is -10.3. The van der Waals surface area contributed by atoms with E-state index < -0.39 is 53.0 Å². The number of anilines is 2. The molecule has 1 amide bonds. The van der Waals surface area contributed by atoms with Gasteiger partial charge in [0.2, 0.25) is 0 Å². The van der Waals surface area contributed by atoms with Gasteiger partial charge in [-0.25, -0.2) is 4.79 Å². The van der Waals surface area contributed by atoms with Gasteiger partial charge in [0.15, 0.2) is 5.78 Å². The van der Waals surface area contributed by atoms with Crippen molar-refractivity contribution in [2.75, 3.05) is 30.4 Å². The molecular formula is C27H31F6N3O3. The molecule has 1 N–H and O–H groups in total. The average Bonchev–Trinajstić information content (AvgIpc) is 2.99. The number of hydrogen-bond acceptors (Lipinski definition) is 5. The predicted octanol–water partition coefficient (Wildman–Crippen LogP) is 6.90. The molecule has 2 atom stereocenters. The van der Waals surface area contributed by atoms with E-state index in [1.165, 1.54) is 4.90 Å². The number of nitrogens with one attached hydrogen (secondary N) is 1. The van der Waals surface area contributed by atoms with Gasteiger partial charge in [0.25, 0.3) is 0 Å². The Morgan fingerprint density at radius 2 is 1.59 bits per heavy atom. The third-order valence-electron chi connectivity index (χ3n) is 6.35. The number of carbonyl (C=O) groups is 2. The normalized spacial score (nSPS) is 16.9. The molecule has 214 valence electrons. The highest BCUT2D eigenvalue weighted by molar-refractivity contribution is 5.90. The minimum absolute atomic E-state index is 0.0304. The lowest BCUT2D eigenvalue weighted by atomic mass is 9.94. The van der Waals surface area contributed by atoms with Crippen molar-refractivity contribution >= 4 is 23.3 Å². The Bertz CT molecular complexity index is 1180. The number of benzene rings is 2. The second-order valence-electron chi connectivity index (χ2n) is 9.97. The molecule has 1 aliphatic heterocycles. The molecule has 3 rings (SSSR count). The topological polar surface area (TPSA) is 61.9 Å². The van der Waals surface area contributed by atoms with Gasteiger partial charge in [0.05, 0.1) is 29.0 Å². The highest BCUT2D eigenvalue weighted by atomic mass is 19.4. The van der Waals surface area contributed by atoms with Gasteiger partial charge in [-0.05, 0) is 75.1 Å². The molecular weight excluding hydrogens is 528 g/mol. The molecule has 0 spiro atoms. The summed E-state index contributed by atoms with van der Waals surface area (Å²) < 4.78 is 86.4. The standard InChI is InChI=1S/C27H31F6N3O3/c1-15(2)39-25(38)36-10-6-7-22(21-9-8-20(35(4)5)14-23(21)36)34-24(16(3)37)17-11-18(26(28,29)30)13-19(12-17)27(31,32)33/h8-9,11-15,22,24,34H,6-7,10H2,1-5H3. The third kappa shape index (κ3) is 7.23. The largest absolute Gasteiger partial charge is 0.446 e. The van der Waals surface area contributed by atoms with E-state index in [0.717, 1.165) is 12.6 Å². The lowest BCUT2D eigenvalue weighted by Crippen LogP contribution is -2.34. The fraction of sp³-hybridized carbons (Fsp3) is 0.481. The Labute approximate surface area is 222 Å². The second-order valence-corrected chi connectivity index (χ2v) is 9.97. The Hall–Kier alpha value is -3.28. The maximum Gasteiger partial charge on any atom is 0.416 e.